The summed E-state index contributed by atoms with van der Waals surface area (Å²) in [6.45, 7) is 3.73. The first kappa shape index (κ1) is 9.92. The molecule has 0 aromatic heterocycles. The maximum absolute atomic E-state index is 9.10. The van der Waals surface area contributed by atoms with Gasteiger partial charge in [-0.3, -0.25) is 0 Å². The summed E-state index contributed by atoms with van der Waals surface area (Å²) < 4.78 is 10.4. The molecule has 2 N–H and O–H groups in total. The summed E-state index contributed by atoms with van der Waals surface area (Å²) in [5.41, 5.74) is 0. The molecule has 4 heteroatoms. The molecule has 0 bridgehead atoms. The summed E-state index contributed by atoms with van der Waals surface area (Å²) in [6.07, 6.45) is -0.792. The van der Waals surface area contributed by atoms with Crippen molar-refractivity contribution in [2.75, 3.05) is 6.61 Å². The van der Waals surface area contributed by atoms with Gasteiger partial charge in [0.1, 0.15) is 6.10 Å². The Bertz CT molecular complexity index is 137. The van der Waals surface area contributed by atoms with E-state index in [0.717, 1.165) is 0 Å². The number of aliphatic hydroxyl groups is 2. The lowest BCUT2D eigenvalue weighted by Gasteiger charge is -2.18. The van der Waals surface area contributed by atoms with Crippen molar-refractivity contribution in [2.24, 2.45) is 0 Å². The molecule has 0 unspecified atom stereocenters. The minimum Gasteiger partial charge on any atom is -0.394 e. The van der Waals surface area contributed by atoms with E-state index in [1.54, 1.807) is 0 Å². The molecule has 1 fully saturated rings. The monoisotopic (exact) mass is 176 g/mol. The fourth-order valence-corrected chi connectivity index (χ4v) is 1.35. The van der Waals surface area contributed by atoms with E-state index in [4.69, 9.17) is 19.7 Å². The summed E-state index contributed by atoms with van der Waals surface area (Å²) in [4.78, 5) is 0. The van der Waals surface area contributed by atoms with Crippen LogP contribution in [0.4, 0.5) is 0 Å². The highest BCUT2D eigenvalue weighted by atomic mass is 16.6. The average Bonchev–Trinajstić information content (AvgIpc) is 2.29. The molecule has 0 radical (unpaired) electrons. The van der Waals surface area contributed by atoms with Crippen LogP contribution in [0, 0.1) is 0 Å². The van der Waals surface area contributed by atoms with Crippen molar-refractivity contribution in [3.63, 3.8) is 0 Å². The van der Waals surface area contributed by atoms with E-state index >= 15 is 0 Å². The molecule has 72 valence electrons. The Morgan fingerprint density at radius 3 is 2.75 bits per heavy atom. The molecule has 0 spiro atoms. The van der Waals surface area contributed by atoms with Gasteiger partial charge in [-0.25, -0.2) is 0 Å². The fourth-order valence-electron chi connectivity index (χ4n) is 1.35. The summed E-state index contributed by atoms with van der Waals surface area (Å²) in [5, 5.41) is 18.0. The van der Waals surface area contributed by atoms with Crippen LogP contribution in [0.5, 0.6) is 0 Å². The van der Waals surface area contributed by atoms with E-state index in [0.29, 0.717) is 6.42 Å². The lowest BCUT2D eigenvalue weighted by molar-refractivity contribution is -0.115. The lowest BCUT2D eigenvalue weighted by atomic mass is 10.2. The van der Waals surface area contributed by atoms with Crippen LogP contribution in [-0.2, 0) is 9.47 Å². The summed E-state index contributed by atoms with van der Waals surface area (Å²) in [6, 6.07) is 0. The van der Waals surface area contributed by atoms with Crippen molar-refractivity contribution >= 4 is 0 Å². The second kappa shape index (κ2) is 4.18. The number of ether oxygens (including phenoxy) is 2. The van der Waals surface area contributed by atoms with Crippen LogP contribution in [-0.4, -0.2) is 41.4 Å². The van der Waals surface area contributed by atoms with Gasteiger partial charge in [0.05, 0.1) is 18.8 Å². The lowest BCUT2D eigenvalue weighted by Crippen LogP contribution is -2.29. The van der Waals surface area contributed by atoms with Crippen LogP contribution in [0.15, 0.2) is 0 Å². The predicted octanol–water partition coefficient (Wildman–Crippen LogP) is -0.120. The van der Waals surface area contributed by atoms with E-state index in [9.17, 15) is 0 Å². The molecule has 0 aliphatic carbocycles. The van der Waals surface area contributed by atoms with Gasteiger partial charge in [-0.15, -0.1) is 0 Å². The van der Waals surface area contributed by atoms with Crippen LogP contribution < -0.4 is 0 Å². The largest absolute Gasteiger partial charge is 0.394 e. The number of hydrogen-bond acceptors (Lipinski definition) is 4. The zero-order valence-electron chi connectivity index (χ0n) is 7.43. The quantitative estimate of drug-likeness (QED) is 0.629. The highest BCUT2D eigenvalue weighted by molar-refractivity contribution is 4.78. The Morgan fingerprint density at radius 1 is 1.58 bits per heavy atom. The van der Waals surface area contributed by atoms with Crippen LogP contribution in [0.1, 0.15) is 20.3 Å². The van der Waals surface area contributed by atoms with Gasteiger partial charge in [0.25, 0.3) is 0 Å². The number of hydrogen-bond donors (Lipinski definition) is 2. The van der Waals surface area contributed by atoms with Gasteiger partial charge < -0.3 is 19.7 Å². The summed E-state index contributed by atoms with van der Waals surface area (Å²) in [5.74, 6) is 0. The Hall–Kier alpha value is -0.160. The molecule has 12 heavy (non-hydrogen) atoms. The molecule has 0 aromatic rings. The van der Waals surface area contributed by atoms with E-state index in [1.807, 2.05) is 13.8 Å². The van der Waals surface area contributed by atoms with Crippen molar-refractivity contribution in [1.82, 2.24) is 0 Å². The van der Waals surface area contributed by atoms with Gasteiger partial charge in [0.2, 0.25) is 0 Å². The molecule has 1 aliphatic rings. The first-order valence-corrected chi connectivity index (χ1v) is 4.23. The minimum absolute atomic E-state index is 0.0953. The molecule has 0 saturated carbocycles. The van der Waals surface area contributed by atoms with Gasteiger partial charge in [-0.1, -0.05) is 0 Å². The highest BCUT2D eigenvalue weighted by Crippen LogP contribution is 2.22. The molecule has 0 amide bonds. The van der Waals surface area contributed by atoms with E-state index in [1.165, 1.54) is 0 Å². The predicted molar refractivity (Wildman–Crippen MR) is 42.6 cm³/mol. The van der Waals surface area contributed by atoms with Gasteiger partial charge in [0.15, 0.2) is 6.29 Å². The van der Waals surface area contributed by atoms with Gasteiger partial charge in [-0.05, 0) is 13.8 Å². The topological polar surface area (TPSA) is 58.9 Å². The first-order chi connectivity index (χ1) is 5.63. The van der Waals surface area contributed by atoms with Gasteiger partial charge in [-0.2, -0.15) is 0 Å². The average molecular weight is 176 g/mol. The van der Waals surface area contributed by atoms with Crippen molar-refractivity contribution < 1.29 is 19.7 Å². The second-order valence-electron chi connectivity index (χ2n) is 3.27. The second-order valence-corrected chi connectivity index (χ2v) is 3.27. The maximum atomic E-state index is 9.10. The number of rotatable bonds is 3. The van der Waals surface area contributed by atoms with Crippen LogP contribution in [0.3, 0.4) is 0 Å². The van der Waals surface area contributed by atoms with Gasteiger partial charge >= 0.3 is 0 Å². The highest BCUT2D eigenvalue weighted by Gasteiger charge is 2.34. The molecule has 4 nitrogen and oxygen atoms in total. The van der Waals surface area contributed by atoms with Crippen LogP contribution in [0.25, 0.3) is 0 Å². The standard InChI is InChI=1S/C8H16O4/c1-5(2)11-6-3-8(10)12-7(6)4-9/h5-10H,3-4H2,1-2H3/t6-,7+,8+/m0/s1. The third-order valence-corrected chi connectivity index (χ3v) is 1.81. The zero-order valence-corrected chi connectivity index (χ0v) is 7.43. The van der Waals surface area contributed by atoms with Crippen molar-refractivity contribution in [1.29, 1.82) is 0 Å². The van der Waals surface area contributed by atoms with Crippen LogP contribution >= 0.6 is 0 Å². The molecule has 1 heterocycles. The molecular weight excluding hydrogens is 160 g/mol. The van der Waals surface area contributed by atoms with E-state index < -0.39 is 6.29 Å². The third kappa shape index (κ3) is 2.42. The first-order valence-electron chi connectivity index (χ1n) is 4.23. The smallest absolute Gasteiger partial charge is 0.157 e. The van der Waals surface area contributed by atoms with Crippen molar-refractivity contribution in [3.8, 4) is 0 Å². The normalized spacial score (nSPS) is 36.2. The van der Waals surface area contributed by atoms with E-state index in [2.05, 4.69) is 0 Å². The number of aliphatic hydroxyl groups excluding tert-OH is 2. The molecule has 1 rings (SSSR count). The SMILES string of the molecule is CC(C)O[C@H]1C[C@H](O)O[C@@H]1CO. The molecule has 3 atom stereocenters. The Kier molecular flexibility index (Phi) is 3.46. The Labute approximate surface area is 72.1 Å². The maximum Gasteiger partial charge on any atom is 0.157 e. The van der Waals surface area contributed by atoms with E-state index in [-0.39, 0.29) is 24.9 Å². The zero-order chi connectivity index (χ0) is 9.14. The Balaban J connectivity index is 2.40. The molecule has 1 saturated heterocycles. The fraction of sp³-hybridized carbons (Fsp3) is 1.00. The molecular formula is C8H16O4. The minimum atomic E-state index is -0.786. The van der Waals surface area contributed by atoms with Crippen LogP contribution in [0.2, 0.25) is 0 Å². The van der Waals surface area contributed by atoms with Crippen molar-refractivity contribution in [3.05, 3.63) is 0 Å². The van der Waals surface area contributed by atoms with Gasteiger partial charge in [0, 0.05) is 6.42 Å². The molecule has 1 aliphatic heterocycles. The summed E-state index contributed by atoms with van der Waals surface area (Å²) in [7, 11) is 0. The summed E-state index contributed by atoms with van der Waals surface area (Å²) >= 11 is 0. The Morgan fingerprint density at radius 2 is 2.25 bits per heavy atom. The van der Waals surface area contributed by atoms with Crippen molar-refractivity contribution in [2.45, 2.75) is 44.9 Å². The molecule has 0 aromatic carbocycles. The third-order valence-electron chi connectivity index (χ3n) is 1.81.